The summed E-state index contributed by atoms with van der Waals surface area (Å²) in [5.74, 6) is 1.90. The van der Waals surface area contributed by atoms with Gasteiger partial charge in [0.1, 0.15) is 11.5 Å². The molecule has 0 saturated carbocycles. The van der Waals surface area contributed by atoms with Crippen molar-refractivity contribution in [1.82, 2.24) is 0 Å². The van der Waals surface area contributed by atoms with E-state index in [1.165, 1.54) is 11.1 Å². The highest BCUT2D eigenvalue weighted by molar-refractivity contribution is 6.30. The van der Waals surface area contributed by atoms with Gasteiger partial charge >= 0.3 is 0 Å². The number of ether oxygens (including phenoxy) is 2. The molecular weight excluding hydrogens is 274 g/mol. The van der Waals surface area contributed by atoms with Crippen molar-refractivity contribution in [2.75, 3.05) is 26.1 Å². The first-order valence-electron chi connectivity index (χ1n) is 6.47. The van der Waals surface area contributed by atoms with Gasteiger partial charge in [-0.1, -0.05) is 17.7 Å². The highest BCUT2D eigenvalue weighted by Gasteiger charge is 2.24. The SMILES string of the molecule is COc1cc(OC)cc(C2CNc3cc(Cl)ccc32)c1. The van der Waals surface area contributed by atoms with Crippen LogP contribution in [0, 0.1) is 0 Å². The summed E-state index contributed by atoms with van der Waals surface area (Å²) in [4.78, 5) is 0. The number of fused-ring (bicyclic) bond motifs is 1. The molecule has 0 bridgehead atoms. The molecule has 0 saturated heterocycles. The Morgan fingerprint density at radius 2 is 1.75 bits per heavy atom. The molecule has 20 heavy (non-hydrogen) atoms. The predicted octanol–water partition coefficient (Wildman–Crippen LogP) is 3.91. The van der Waals surface area contributed by atoms with Gasteiger partial charge < -0.3 is 14.8 Å². The molecule has 0 aliphatic carbocycles. The highest BCUT2D eigenvalue weighted by Crippen LogP contribution is 2.39. The van der Waals surface area contributed by atoms with Crippen molar-refractivity contribution in [2.45, 2.75) is 5.92 Å². The maximum atomic E-state index is 6.03. The van der Waals surface area contributed by atoms with E-state index < -0.39 is 0 Å². The van der Waals surface area contributed by atoms with Gasteiger partial charge in [0.2, 0.25) is 0 Å². The summed E-state index contributed by atoms with van der Waals surface area (Å²) < 4.78 is 10.7. The zero-order chi connectivity index (χ0) is 14.1. The molecule has 0 radical (unpaired) electrons. The van der Waals surface area contributed by atoms with Crippen LogP contribution in [0.5, 0.6) is 11.5 Å². The molecule has 0 amide bonds. The van der Waals surface area contributed by atoms with Crippen LogP contribution in [0.1, 0.15) is 17.0 Å². The van der Waals surface area contributed by atoms with E-state index in [1.807, 2.05) is 18.2 Å². The van der Waals surface area contributed by atoms with Crippen LogP contribution >= 0.6 is 11.6 Å². The van der Waals surface area contributed by atoms with Crippen molar-refractivity contribution in [3.8, 4) is 11.5 Å². The second kappa shape index (κ2) is 5.25. The summed E-state index contributed by atoms with van der Waals surface area (Å²) in [6, 6.07) is 12.0. The lowest BCUT2D eigenvalue weighted by Gasteiger charge is -2.14. The van der Waals surface area contributed by atoms with Crippen molar-refractivity contribution in [2.24, 2.45) is 0 Å². The van der Waals surface area contributed by atoms with Crippen molar-refractivity contribution < 1.29 is 9.47 Å². The van der Waals surface area contributed by atoms with Gasteiger partial charge in [-0.15, -0.1) is 0 Å². The number of benzene rings is 2. The molecule has 1 unspecified atom stereocenters. The largest absolute Gasteiger partial charge is 0.497 e. The molecular formula is C16H16ClNO2. The second-order valence-electron chi connectivity index (χ2n) is 4.81. The van der Waals surface area contributed by atoms with Crippen molar-refractivity contribution >= 4 is 17.3 Å². The molecule has 2 aromatic rings. The van der Waals surface area contributed by atoms with Crippen LogP contribution in [0.25, 0.3) is 0 Å². The summed E-state index contributed by atoms with van der Waals surface area (Å²) in [6.45, 7) is 0.853. The monoisotopic (exact) mass is 289 g/mol. The average molecular weight is 290 g/mol. The van der Waals surface area contributed by atoms with Crippen LogP contribution < -0.4 is 14.8 Å². The minimum atomic E-state index is 0.284. The first-order valence-corrected chi connectivity index (χ1v) is 6.85. The minimum Gasteiger partial charge on any atom is -0.497 e. The van der Waals surface area contributed by atoms with Crippen LogP contribution in [0.3, 0.4) is 0 Å². The number of hydrogen-bond acceptors (Lipinski definition) is 3. The molecule has 1 aliphatic heterocycles. The van der Waals surface area contributed by atoms with Crippen LogP contribution in [0.2, 0.25) is 5.02 Å². The summed E-state index contributed by atoms with van der Waals surface area (Å²) in [6.07, 6.45) is 0. The van der Waals surface area contributed by atoms with E-state index in [9.17, 15) is 0 Å². The van der Waals surface area contributed by atoms with E-state index in [0.717, 1.165) is 28.8 Å². The predicted molar refractivity (Wildman–Crippen MR) is 81.3 cm³/mol. The van der Waals surface area contributed by atoms with Gasteiger partial charge in [0.15, 0.2) is 0 Å². The number of anilines is 1. The van der Waals surface area contributed by atoms with E-state index in [-0.39, 0.29) is 5.92 Å². The number of nitrogens with one attached hydrogen (secondary N) is 1. The Bertz CT molecular complexity index is 620. The Morgan fingerprint density at radius 3 is 2.40 bits per heavy atom. The van der Waals surface area contributed by atoms with Crippen molar-refractivity contribution in [3.05, 3.63) is 52.5 Å². The number of hydrogen-bond donors (Lipinski definition) is 1. The Labute approximate surface area is 123 Å². The Hall–Kier alpha value is -1.87. The van der Waals surface area contributed by atoms with E-state index in [2.05, 4.69) is 23.5 Å². The maximum absolute atomic E-state index is 6.03. The third-order valence-corrected chi connectivity index (χ3v) is 3.90. The fraction of sp³-hybridized carbons (Fsp3) is 0.250. The molecule has 1 aliphatic rings. The van der Waals surface area contributed by atoms with Gasteiger partial charge in [0.05, 0.1) is 14.2 Å². The Morgan fingerprint density at radius 1 is 1.05 bits per heavy atom. The molecule has 104 valence electrons. The van der Waals surface area contributed by atoms with Gasteiger partial charge in [0.25, 0.3) is 0 Å². The van der Waals surface area contributed by atoms with Crippen LogP contribution in [-0.4, -0.2) is 20.8 Å². The first kappa shape index (κ1) is 13.1. The normalized spacial score (nSPS) is 16.4. The summed E-state index contributed by atoms with van der Waals surface area (Å²) in [7, 11) is 3.33. The molecule has 0 fully saturated rings. The van der Waals surface area contributed by atoms with Gasteiger partial charge in [-0.25, -0.2) is 0 Å². The number of methoxy groups -OCH3 is 2. The topological polar surface area (TPSA) is 30.5 Å². The van der Waals surface area contributed by atoms with E-state index in [1.54, 1.807) is 14.2 Å². The molecule has 3 rings (SSSR count). The molecule has 2 aromatic carbocycles. The molecule has 0 spiro atoms. The number of halogens is 1. The zero-order valence-electron chi connectivity index (χ0n) is 11.4. The van der Waals surface area contributed by atoms with E-state index in [0.29, 0.717) is 0 Å². The fourth-order valence-corrected chi connectivity index (χ4v) is 2.81. The fourth-order valence-electron chi connectivity index (χ4n) is 2.64. The third kappa shape index (κ3) is 2.29. The van der Waals surface area contributed by atoms with Crippen LogP contribution in [0.4, 0.5) is 5.69 Å². The lowest BCUT2D eigenvalue weighted by molar-refractivity contribution is 0.393. The van der Waals surface area contributed by atoms with Crippen molar-refractivity contribution in [3.63, 3.8) is 0 Å². The van der Waals surface area contributed by atoms with Crippen LogP contribution in [0.15, 0.2) is 36.4 Å². The zero-order valence-corrected chi connectivity index (χ0v) is 12.2. The quantitative estimate of drug-likeness (QED) is 0.929. The standard InChI is InChI=1S/C16H16ClNO2/c1-19-12-5-10(6-13(8-12)20-2)15-9-18-16-7-11(17)3-4-14(15)16/h3-8,15,18H,9H2,1-2H3. The summed E-state index contributed by atoms with van der Waals surface area (Å²) in [5.41, 5.74) is 3.53. The second-order valence-corrected chi connectivity index (χ2v) is 5.25. The Balaban J connectivity index is 2.03. The molecule has 1 N–H and O–H groups in total. The lowest BCUT2D eigenvalue weighted by atomic mass is 9.93. The smallest absolute Gasteiger partial charge is 0.122 e. The van der Waals surface area contributed by atoms with Crippen molar-refractivity contribution in [1.29, 1.82) is 0 Å². The molecule has 1 atom stereocenters. The van der Waals surface area contributed by atoms with E-state index >= 15 is 0 Å². The molecule has 1 heterocycles. The van der Waals surface area contributed by atoms with Gasteiger partial charge in [0, 0.05) is 29.2 Å². The third-order valence-electron chi connectivity index (χ3n) is 3.66. The molecule has 3 nitrogen and oxygen atoms in total. The Kier molecular flexibility index (Phi) is 3.45. The first-order chi connectivity index (χ1) is 9.71. The van der Waals surface area contributed by atoms with E-state index in [4.69, 9.17) is 21.1 Å². The summed E-state index contributed by atoms with van der Waals surface area (Å²) in [5, 5.41) is 4.15. The lowest BCUT2D eigenvalue weighted by Crippen LogP contribution is -2.04. The molecule has 0 aromatic heterocycles. The van der Waals surface area contributed by atoms with Gasteiger partial charge in [-0.2, -0.15) is 0 Å². The van der Waals surface area contributed by atoms with Gasteiger partial charge in [-0.05, 0) is 35.4 Å². The summed E-state index contributed by atoms with van der Waals surface area (Å²) >= 11 is 6.03. The van der Waals surface area contributed by atoms with Crippen LogP contribution in [-0.2, 0) is 0 Å². The van der Waals surface area contributed by atoms with Gasteiger partial charge in [-0.3, -0.25) is 0 Å². The number of rotatable bonds is 3. The maximum Gasteiger partial charge on any atom is 0.122 e. The average Bonchev–Trinajstić information content (AvgIpc) is 2.89. The minimum absolute atomic E-state index is 0.284. The highest BCUT2D eigenvalue weighted by atomic mass is 35.5. The molecule has 4 heteroatoms.